The second-order valence-electron chi connectivity index (χ2n) is 9.36. The number of halogens is 2. The van der Waals surface area contributed by atoms with E-state index in [2.05, 4.69) is 26.5 Å². The molecule has 0 aliphatic carbocycles. The number of anilines is 1. The molecule has 4 aromatic carbocycles. The van der Waals surface area contributed by atoms with E-state index < -0.39 is 22.5 Å². The number of amides is 1. The smallest absolute Gasteiger partial charge is 0.264 e. The van der Waals surface area contributed by atoms with Crippen molar-refractivity contribution in [3.63, 3.8) is 0 Å². The van der Waals surface area contributed by atoms with Crippen molar-refractivity contribution in [2.45, 2.75) is 25.3 Å². The van der Waals surface area contributed by atoms with Gasteiger partial charge in [-0.05, 0) is 82.9 Å². The Morgan fingerprint density at radius 2 is 1.74 bits per heavy atom. The lowest BCUT2D eigenvalue weighted by Crippen LogP contribution is -2.39. The minimum absolute atomic E-state index is 0.0487. The molecule has 4 aromatic rings. The Balaban J connectivity index is 1.51. The Morgan fingerprint density at radius 1 is 1.02 bits per heavy atom. The summed E-state index contributed by atoms with van der Waals surface area (Å²) >= 11 is 9.81. The molecule has 0 saturated carbocycles. The van der Waals surface area contributed by atoms with Crippen molar-refractivity contribution < 1.29 is 22.7 Å². The zero-order valence-corrected chi connectivity index (χ0v) is 26.3. The van der Waals surface area contributed by atoms with Crippen molar-refractivity contribution in [3.05, 3.63) is 117 Å². The van der Waals surface area contributed by atoms with Gasteiger partial charge < -0.3 is 9.47 Å². The van der Waals surface area contributed by atoms with Crippen LogP contribution >= 0.6 is 27.5 Å². The second-order valence-corrected chi connectivity index (χ2v) is 12.5. The van der Waals surface area contributed by atoms with E-state index in [4.69, 9.17) is 21.1 Å². The Kier molecular flexibility index (Phi) is 10.3. The van der Waals surface area contributed by atoms with E-state index in [1.165, 1.54) is 31.5 Å². The molecule has 8 nitrogen and oxygen atoms in total. The monoisotopic (exact) mass is 669 g/mol. The molecule has 0 aliphatic heterocycles. The summed E-state index contributed by atoms with van der Waals surface area (Å²) < 4.78 is 40.3. The quantitative estimate of drug-likeness (QED) is 0.142. The highest BCUT2D eigenvalue weighted by molar-refractivity contribution is 9.10. The third-order valence-electron chi connectivity index (χ3n) is 6.22. The Bertz CT molecular complexity index is 1700. The lowest BCUT2D eigenvalue weighted by atomic mass is 10.2. The average Bonchev–Trinajstić information content (AvgIpc) is 2.97. The first-order valence-electron chi connectivity index (χ1n) is 12.8. The van der Waals surface area contributed by atoms with Crippen LogP contribution in [0.25, 0.3) is 0 Å². The van der Waals surface area contributed by atoms with Crippen molar-refractivity contribution in [1.29, 1.82) is 0 Å². The van der Waals surface area contributed by atoms with Gasteiger partial charge in [0, 0.05) is 5.02 Å². The highest BCUT2D eigenvalue weighted by atomic mass is 79.9. The van der Waals surface area contributed by atoms with E-state index in [0.717, 1.165) is 21.0 Å². The summed E-state index contributed by atoms with van der Waals surface area (Å²) in [5.41, 5.74) is 5.97. The fourth-order valence-corrected chi connectivity index (χ4v) is 6.08. The number of carbonyl (C=O) groups is 1. The van der Waals surface area contributed by atoms with Gasteiger partial charge in [0.1, 0.15) is 13.2 Å². The molecule has 0 aliphatic rings. The number of hydrazone groups is 1. The third-order valence-corrected chi connectivity index (χ3v) is 9.00. The van der Waals surface area contributed by atoms with Gasteiger partial charge in [0.05, 0.1) is 28.4 Å². The van der Waals surface area contributed by atoms with Crippen LogP contribution in [0.15, 0.2) is 99.4 Å². The first-order chi connectivity index (χ1) is 20.1. The number of nitrogens with one attached hydrogen (secondary N) is 1. The molecule has 1 N–H and O–H groups in total. The van der Waals surface area contributed by atoms with Crippen LogP contribution in [0.4, 0.5) is 5.69 Å². The van der Waals surface area contributed by atoms with E-state index >= 15 is 0 Å². The molecule has 218 valence electrons. The number of hydrogen-bond acceptors (Lipinski definition) is 6. The fraction of sp³-hybridized carbons (Fsp3) is 0.161. The number of ether oxygens (including phenoxy) is 2. The number of sulfonamides is 1. The van der Waals surface area contributed by atoms with Crippen LogP contribution in [0.3, 0.4) is 0 Å². The summed E-state index contributed by atoms with van der Waals surface area (Å²) in [7, 11) is -2.56. The molecular weight excluding hydrogens is 642 g/mol. The highest BCUT2D eigenvalue weighted by Gasteiger charge is 2.27. The number of rotatable bonds is 11. The van der Waals surface area contributed by atoms with Gasteiger partial charge in [-0.2, -0.15) is 5.10 Å². The standard InChI is InChI=1S/C31H29BrClN3O5S/c1-21-9-13-26(14-10-21)42(38,39)36(25-12-11-22(2)28(33)17-25)19-30(37)35-34-18-24-15-27(32)31(29(16-24)40-3)41-20-23-7-5-4-6-8-23/h4-18H,19-20H2,1-3H3,(H,35,37)/b34-18-. The average molecular weight is 671 g/mol. The summed E-state index contributed by atoms with van der Waals surface area (Å²) in [6.07, 6.45) is 1.42. The summed E-state index contributed by atoms with van der Waals surface area (Å²) in [6.45, 7) is 3.50. The van der Waals surface area contributed by atoms with Gasteiger partial charge in [0.25, 0.3) is 15.9 Å². The molecule has 0 atom stereocenters. The zero-order chi connectivity index (χ0) is 30.3. The highest BCUT2D eigenvalue weighted by Crippen LogP contribution is 2.37. The molecule has 4 rings (SSSR count). The SMILES string of the molecule is COc1cc(/C=N\NC(=O)CN(c2ccc(C)c(Cl)c2)S(=O)(=O)c2ccc(C)cc2)cc(Br)c1OCc1ccccc1. The third kappa shape index (κ3) is 7.70. The minimum atomic E-state index is -4.09. The minimum Gasteiger partial charge on any atom is -0.493 e. The van der Waals surface area contributed by atoms with Gasteiger partial charge in [-0.3, -0.25) is 9.10 Å². The van der Waals surface area contributed by atoms with E-state index in [1.807, 2.05) is 44.2 Å². The Morgan fingerprint density at radius 3 is 2.40 bits per heavy atom. The molecule has 0 aromatic heterocycles. The van der Waals surface area contributed by atoms with Gasteiger partial charge in [0.15, 0.2) is 11.5 Å². The normalized spacial score (nSPS) is 11.4. The predicted molar refractivity (Wildman–Crippen MR) is 169 cm³/mol. The van der Waals surface area contributed by atoms with Crippen LogP contribution < -0.4 is 19.2 Å². The number of nitrogens with zero attached hydrogens (tertiary/aromatic N) is 2. The van der Waals surface area contributed by atoms with Crippen molar-refractivity contribution in [2.75, 3.05) is 18.0 Å². The summed E-state index contributed by atoms with van der Waals surface area (Å²) in [5.74, 6) is 0.350. The number of carbonyl (C=O) groups excluding carboxylic acids is 1. The Hall–Kier alpha value is -3.86. The fourth-order valence-electron chi connectivity index (χ4n) is 3.92. The largest absolute Gasteiger partial charge is 0.493 e. The first kappa shape index (κ1) is 31.1. The van der Waals surface area contributed by atoms with Crippen LogP contribution in [0, 0.1) is 13.8 Å². The van der Waals surface area contributed by atoms with Crippen LogP contribution in [0.2, 0.25) is 5.02 Å². The number of hydrogen-bond donors (Lipinski definition) is 1. The van der Waals surface area contributed by atoms with Crippen LogP contribution in [-0.2, 0) is 21.4 Å². The van der Waals surface area contributed by atoms with Gasteiger partial charge in [-0.15, -0.1) is 0 Å². The van der Waals surface area contributed by atoms with E-state index in [-0.39, 0.29) is 10.6 Å². The van der Waals surface area contributed by atoms with Crippen molar-refractivity contribution >= 4 is 55.4 Å². The topological polar surface area (TPSA) is 97.3 Å². The molecule has 0 saturated heterocycles. The van der Waals surface area contributed by atoms with Gasteiger partial charge in [-0.25, -0.2) is 13.8 Å². The predicted octanol–water partition coefficient (Wildman–Crippen LogP) is 6.65. The van der Waals surface area contributed by atoms with Crippen molar-refractivity contribution in [3.8, 4) is 11.5 Å². The number of benzene rings is 4. The van der Waals surface area contributed by atoms with Gasteiger partial charge >= 0.3 is 0 Å². The maximum Gasteiger partial charge on any atom is 0.264 e. The molecule has 0 unspecified atom stereocenters. The molecular formula is C31H29BrClN3O5S. The Labute approximate surface area is 259 Å². The summed E-state index contributed by atoms with van der Waals surface area (Å²) in [5, 5.41) is 4.42. The summed E-state index contributed by atoms with van der Waals surface area (Å²) in [6, 6.07) is 24.4. The molecule has 0 fully saturated rings. The van der Waals surface area contributed by atoms with E-state index in [9.17, 15) is 13.2 Å². The molecule has 0 spiro atoms. The first-order valence-corrected chi connectivity index (χ1v) is 15.4. The lowest BCUT2D eigenvalue weighted by molar-refractivity contribution is -0.119. The molecule has 1 amide bonds. The number of aryl methyl sites for hydroxylation is 2. The van der Waals surface area contributed by atoms with E-state index in [1.54, 1.807) is 36.4 Å². The van der Waals surface area contributed by atoms with Gasteiger partial charge in [0.2, 0.25) is 0 Å². The van der Waals surface area contributed by atoms with Crippen LogP contribution in [0.1, 0.15) is 22.3 Å². The van der Waals surface area contributed by atoms with Gasteiger partial charge in [-0.1, -0.05) is 65.7 Å². The summed E-state index contributed by atoms with van der Waals surface area (Å²) in [4.78, 5) is 13.0. The van der Waals surface area contributed by atoms with Crippen molar-refractivity contribution in [1.82, 2.24) is 5.43 Å². The van der Waals surface area contributed by atoms with Crippen LogP contribution in [-0.4, -0.2) is 34.2 Å². The molecule has 11 heteroatoms. The molecule has 42 heavy (non-hydrogen) atoms. The van der Waals surface area contributed by atoms with Crippen molar-refractivity contribution in [2.24, 2.45) is 5.10 Å². The van der Waals surface area contributed by atoms with E-state index in [0.29, 0.717) is 33.2 Å². The molecule has 0 heterocycles. The zero-order valence-electron chi connectivity index (χ0n) is 23.2. The molecule has 0 radical (unpaired) electrons. The maximum absolute atomic E-state index is 13.6. The van der Waals surface area contributed by atoms with Crippen LogP contribution in [0.5, 0.6) is 11.5 Å². The number of methoxy groups -OCH3 is 1. The second kappa shape index (κ2) is 13.9. The molecule has 0 bridgehead atoms. The lowest BCUT2D eigenvalue weighted by Gasteiger charge is -2.24. The maximum atomic E-state index is 13.6.